The van der Waals surface area contributed by atoms with Gasteiger partial charge in [0, 0.05) is 0 Å². The van der Waals surface area contributed by atoms with Gasteiger partial charge in [-0.3, -0.25) is 0 Å². The molecule has 0 heteroatoms. The van der Waals surface area contributed by atoms with Crippen molar-refractivity contribution in [3.05, 3.63) is 108 Å². The summed E-state index contributed by atoms with van der Waals surface area (Å²) in [6.07, 6.45) is 18.3. The van der Waals surface area contributed by atoms with Crippen LogP contribution in [0.1, 0.15) is 102 Å². The van der Waals surface area contributed by atoms with E-state index >= 15 is 0 Å². The predicted molar refractivity (Wildman–Crippen MR) is 204 cm³/mol. The van der Waals surface area contributed by atoms with E-state index < -0.39 is 0 Å². The summed E-state index contributed by atoms with van der Waals surface area (Å²) in [7, 11) is 0. The molecular formula is C46H50. The number of rotatable bonds is 14. The van der Waals surface area contributed by atoms with Crippen LogP contribution in [0.5, 0.6) is 0 Å². The molecule has 0 heterocycles. The van der Waals surface area contributed by atoms with E-state index in [0.29, 0.717) is 0 Å². The summed E-state index contributed by atoms with van der Waals surface area (Å²) in [5.74, 6) is 0. The monoisotopic (exact) mass is 602 g/mol. The van der Waals surface area contributed by atoms with E-state index in [1.807, 2.05) is 0 Å². The maximum Gasteiger partial charge on any atom is -0.00607 e. The van der Waals surface area contributed by atoms with E-state index in [1.165, 1.54) is 142 Å². The fraction of sp³-hybridized carbons (Fsp3) is 0.348. The van der Waals surface area contributed by atoms with E-state index in [9.17, 15) is 0 Å². The zero-order valence-electron chi connectivity index (χ0n) is 28.1. The Morgan fingerprint density at radius 2 is 0.739 bits per heavy atom. The molecule has 0 aliphatic heterocycles. The average Bonchev–Trinajstić information content (AvgIpc) is 3.27. The highest BCUT2D eigenvalue weighted by molar-refractivity contribution is 6.24. The SMILES string of the molecule is CCCCCCCCc1c2cccccc-2c2ccc3cc4c(ccc5c6cccccc-6c(CCCCCCCC)c54)cc3c12. The summed E-state index contributed by atoms with van der Waals surface area (Å²) in [4.78, 5) is 0. The minimum Gasteiger partial charge on any atom is -0.0654 e. The van der Waals surface area contributed by atoms with Crippen molar-refractivity contribution in [2.24, 2.45) is 0 Å². The molecule has 0 amide bonds. The number of aryl methyl sites for hydroxylation is 2. The van der Waals surface area contributed by atoms with Gasteiger partial charge in [-0.1, -0.05) is 163 Å². The molecule has 0 aromatic heterocycles. The highest BCUT2D eigenvalue weighted by Crippen LogP contribution is 2.46. The first-order valence-electron chi connectivity index (χ1n) is 18.4. The van der Waals surface area contributed by atoms with Crippen molar-refractivity contribution in [3.8, 4) is 22.3 Å². The topological polar surface area (TPSA) is 0 Å². The molecule has 0 spiro atoms. The van der Waals surface area contributed by atoms with Crippen LogP contribution < -0.4 is 0 Å². The summed E-state index contributed by atoms with van der Waals surface area (Å²) >= 11 is 0. The molecule has 3 aromatic rings. The number of hydrogen-bond donors (Lipinski definition) is 0. The van der Waals surface area contributed by atoms with Crippen molar-refractivity contribution in [2.45, 2.75) is 104 Å². The van der Waals surface area contributed by atoms with Crippen LogP contribution in [0.2, 0.25) is 0 Å². The van der Waals surface area contributed by atoms with Crippen LogP contribution in [0.4, 0.5) is 0 Å². The Hall–Kier alpha value is -3.90. The van der Waals surface area contributed by atoms with Gasteiger partial charge >= 0.3 is 0 Å². The van der Waals surface area contributed by atoms with Crippen LogP contribution in [0, 0.1) is 0 Å². The third-order valence-corrected chi connectivity index (χ3v) is 10.6. The number of fused-ring (bicyclic) bond motifs is 10. The molecule has 7 rings (SSSR count). The quantitative estimate of drug-likeness (QED) is 0.0858. The van der Waals surface area contributed by atoms with E-state index in [-0.39, 0.29) is 0 Å². The Morgan fingerprint density at radius 1 is 0.348 bits per heavy atom. The van der Waals surface area contributed by atoms with Crippen LogP contribution in [0.3, 0.4) is 0 Å². The third kappa shape index (κ3) is 5.88. The number of unbranched alkanes of at least 4 members (excludes halogenated alkanes) is 10. The van der Waals surface area contributed by atoms with Gasteiger partial charge in [-0.2, -0.15) is 0 Å². The molecule has 0 saturated heterocycles. The van der Waals surface area contributed by atoms with Gasteiger partial charge in [-0.25, -0.2) is 0 Å². The lowest BCUT2D eigenvalue weighted by molar-refractivity contribution is 0.608. The first-order valence-corrected chi connectivity index (χ1v) is 18.4. The second-order valence-electron chi connectivity index (χ2n) is 13.7. The molecule has 3 aromatic carbocycles. The van der Waals surface area contributed by atoms with Crippen LogP contribution in [-0.2, 0) is 12.8 Å². The number of benzene rings is 3. The molecule has 0 fully saturated rings. The lowest BCUT2D eigenvalue weighted by Crippen LogP contribution is -1.89. The van der Waals surface area contributed by atoms with Gasteiger partial charge in [0.15, 0.2) is 0 Å². The van der Waals surface area contributed by atoms with Crippen molar-refractivity contribution in [2.75, 3.05) is 0 Å². The Labute approximate surface area is 276 Å². The Kier molecular flexibility index (Phi) is 9.52. The summed E-state index contributed by atoms with van der Waals surface area (Å²) < 4.78 is 0. The van der Waals surface area contributed by atoms with Crippen LogP contribution in [0.25, 0.3) is 65.3 Å². The minimum absolute atomic E-state index is 1.15. The molecule has 46 heavy (non-hydrogen) atoms. The zero-order valence-corrected chi connectivity index (χ0v) is 28.1. The molecule has 0 nitrogen and oxygen atoms in total. The molecule has 0 unspecified atom stereocenters. The van der Waals surface area contributed by atoms with Gasteiger partial charge in [0.25, 0.3) is 0 Å². The Balaban J connectivity index is 1.37. The van der Waals surface area contributed by atoms with E-state index in [2.05, 4.69) is 111 Å². The average molecular weight is 603 g/mol. The second kappa shape index (κ2) is 14.3. The normalized spacial score (nSPS) is 12.0. The lowest BCUT2D eigenvalue weighted by Gasteiger charge is -2.10. The summed E-state index contributed by atoms with van der Waals surface area (Å²) in [5.41, 5.74) is 8.78. The van der Waals surface area contributed by atoms with Crippen molar-refractivity contribution in [1.29, 1.82) is 0 Å². The largest absolute Gasteiger partial charge is 0.0654 e. The molecule has 0 atom stereocenters. The van der Waals surface area contributed by atoms with Gasteiger partial charge in [0.05, 0.1) is 0 Å². The molecule has 4 aliphatic carbocycles. The fourth-order valence-electron chi connectivity index (χ4n) is 8.29. The van der Waals surface area contributed by atoms with Crippen LogP contribution in [-0.4, -0.2) is 0 Å². The van der Waals surface area contributed by atoms with Gasteiger partial charge in [-0.05, 0) is 114 Å². The van der Waals surface area contributed by atoms with Crippen molar-refractivity contribution in [3.63, 3.8) is 0 Å². The van der Waals surface area contributed by atoms with E-state index in [1.54, 1.807) is 11.1 Å². The Morgan fingerprint density at radius 3 is 1.17 bits per heavy atom. The van der Waals surface area contributed by atoms with Gasteiger partial charge < -0.3 is 0 Å². The maximum absolute atomic E-state index is 2.53. The van der Waals surface area contributed by atoms with E-state index in [0.717, 1.165) is 12.8 Å². The van der Waals surface area contributed by atoms with E-state index in [4.69, 9.17) is 0 Å². The van der Waals surface area contributed by atoms with Crippen molar-refractivity contribution in [1.82, 2.24) is 0 Å². The first-order chi connectivity index (χ1) is 22.8. The first kappa shape index (κ1) is 30.7. The molecule has 0 radical (unpaired) electrons. The third-order valence-electron chi connectivity index (χ3n) is 10.6. The summed E-state index contributed by atoms with van der Waals surface area (Å²) in [5, 5.41) is 11.4. The van der Waals surface area contributed by atoms with Gasteiger partial charge in [0.1, 0.15) is 0 Å². The molecule has 0 bridgehead atoms. The minimum atomic E-state index is 1.15. The van der Waals surface area contributed by atoms with Crippen molar-refractivity contribution < 1.29 is 0 Å². The maximum atomic E-state index is 2.53. The second-order valence-corrected chi connectivity index (χ2v) is 13.7. The van der Waals surface area contributed by atoms with Crippen LogP contribution >= 0.6 is 0 Å². The smallest absolute Gasteiger partial charge is 0.00607 e. The summed E-state index contributed by atoms with van der Waals surface area (Å²) in [6, 6.07) is 37.3. The standard InChI is InChI=1S/C46H50/c1-3-5-7-9-11-15-25-39-35-21-17-13-19-23-37(35)41-29-27-33-32-44-34(31-43(33)45(39)41)28-30-42-38-24-20-14-18-22-36(38)40(46(42)44)26-16-12-10-8-6-4-2/h13-14,17-24,27-32H,3-12,15-16,25-26H2,1-2H3. The highest BCUT2D eigenvalue weighted by Gasteiger charge is 2.21. The summed E-state index contributed by atoms with van der Waals surface area (Å²) in [6.45, 7) is 4.61. The Bertz CT molecular complexity index is 1880. The highest BCUT2D eigenvalue weighted by atomic mass is 14.2. The number of hydrogen-bond acceptors (Lipinski definition) is 0. The zero-order chi connectivity index (χ0) is 31.3. The van der Waals surface area contributed by atoms with Crippen LogP contribution in [0.15, 0.2) is 97.1 Å². The van der Waals surface area contributed by atoms with Crippen molar-refractivity contribution >= 4 is 43.1 Å². The molecule has 0 saturated carbocycles. The van der Waals surface area contributed by atoms with Gasteiger partial charge in [-0.15, -0.1) is 0 Å². The lowest BCUT2D eigenvalue weighted by atomic mass is 9.94. The molecule has 234 valence electrons. The molecular weight excluding hydrogens is 553 g/mol. The molecule has 4 aliphatic rings. The van der Waals surface area contributed by atoms with Gasteiger partial charge in [0.2, 0.25) is 0 Å². The predicted octanol–water partition coefficient (Wildman–Crippen LogP) is 14.3. The fourth-order valence-corrected chi connectivity index (χ4v) is 8.29. The molecule has 0 N–H and O–H groups in total.